The van der Waals surface area contributed by atoms with Crippen LogP contribution in [0.15, 0.2) is 0 Å². The highest BCUT2D eigenvalue weighted by atomic mass is 16.6. The number of esters is 3. The molecule has 0 saturated carbocycles. The summed E-state index contributed by atoms with van der Waals surface area (Å²) in [5.74, 6) is 0.866. The molecule has 0 amide bonds. The Morgan fingerprint density at radius 1 is 0.362 bits per heavy atom. The Balaban J connectivity index is 4.19. The van der Waals surface area contributed by atoms with Gasteiger partial charge in [-0.25, -0.2) is 0 Å². The van der Waals surface area contributed by atoms with E-state index >= 15 is 0 Å². The van der Waals surface area contributed by atoms with E-state index in [-0.39, 0.29) is 31.1 Å². The van der Waals surface area contributed by atoms with Gasteiger partial charge in [-0.3, -0.25) is 14.4 Å². The molecule has 6 nitrogen and oxygen atoms in total. The van der Waals surface area contributed by atoms with Crippen molar-refractivity contribution in [3.63, 3.8) is 0 Å². The second-order valence-electron chi connectivity index (χ2n) is 18.5. The lowest BCUT2D eigenvalue weighted by Gasteiger charge is -2.18. The molecule has 58 heavy (non-hydrogen) atoms. The minimum Gasteiger partial charge on any atom is -0.462 e. The van der Waals surface area contributed by atoms with Gasteiger partial charge in [0.05, 0.1) is 0 Å². The van der Waals surface area contributed by atoms with Gasteiger partial charge >= 0.3 is 17.9 Å². The number of hydrogen-bond donors (Lipinski definition) is 0. The van der Waals surface area contributed by atoms with Gasteiger partial charge in [-0.1, -0.05) is 247 Å². The third-order valence-corrected chi connectivity index (χ3v) is 12.1. The first-order valence-corrected chi connectivity index (χ1v) is 25.8. The van der Waals surface area contributed by atoms with Crippen LogP contribution in [0.5, 0.6) is 0 Å². The van der Waals surface area contributed by atoms with Gasteiger partial charge in [0.1, 0.15) is 13.2 Å². The molecule has 2 atom stereocenters. The molecular formula is C52H100O6. The first-order chi connectivity index (χ1) is 28.3. The molecule has 0 aromatic carbocycles. The van der Waals surface area contributed by atoms with Crippen LogP contribution in [-0.4, -0.2) is 37.2 Å². The predicted molar refractivity (Wildman–Crippen MR) is 247 cm³/mol. The zero-order valence-electron chi connectivity index (χ0n) is 39.7. The topological polar surface area (TPSA) is 78.9 Å². The van der Waals surface area contributed by atoms with Crippen LogP contribution in [0.1, 0.15) is 285 Å². The van der Waals surface area contributed by atoms with Crippen LogP contribution in [0, 0.1) is 11.8 Å². The summed E-state index contributed by atoms with van der Waals surface area (Å²) in [6.45, 7) is 11.4. The smallest absolute Gasteiger partial charge is 0.306 e. The molecular weight excluding hydrogens is 721 g/mol. The first kappa shape index (κ1) is 56.4. The van der Waals surface area contributed by atoms with Crippen molar-refractivity contribution in [2.75, 3.05) is 13.2 Å². The lowest BCUT2D eigenvalue weighted by Crippen LogP contribution is -2.30. The normalized spacial score (nSPS) is 12.5. The van der Waals surface area contributed by atoms with Gasteiger partial charge in [-0.2, -0.15) is 0 Å². The van der Waals surface area contributed by atoms with E-state index in [4.69, 9.17) is 14.2 Å². The summed E-state index contributed by atoms with van der Waals surface area (Å²) in [5, 5.41) is 0. The molecule has 0 fully saturated rings. The van der Waals surface area contributed by atoms with Crippen molar-refractivity contribution in [1.29, 1.82) is 0 Å². The maximum absolute atomic E-state index is 12.8. The van der Waals surface area contributed by atoms with E-state index in [1.165, 1.54) is 173 Å². The lowest BCUT2D eigenvalue weighted by molar-refractivity contribution is -0.167. The van der Waals surface area contributed by atoms with Gasteiger partial charge in [0, 0.05) is 19.3 Å². The molecule has 0 radical (unpaired) electrons. The Morgan fingerprint density at radius 3 is 0.983 bits per heavy atom. The summed E-state index contributed by atoms with van der Waals surface area (Å²) in [6, 6.07) is 0. The fraction of sp³-hybridized carbons (Fsp3) is 0.942. The summed E-state index contributed by atoms with van der Waals surface area (Å²) >= 11 is 0. The maximum Gasteiger partial charge on any atom is 0.306 e. The highest BCUT2D eigenvalue weighted by Gasteiger charge is 2.19. The van der Waals surface area contributed by atoms with Crippen LogP contribution in [0.25, 0.3) is 0 Å². The Kier molecular flexibility index (Phi) is 43.7. The Morgan fingerprint density at radius 2 is 0.655 bits per heavy atom. The summed E-state index contributed by atoms with van der Waals surface area (Å²) in [4.78, 5) is 37.8. The summed E-state index contributed by atoms with van der Waals surface area (Å²) in [6.07, 6.45) is 45.3. The minimum atomic E-state index is -0.760. The fourth-order valence-corrected chi connectivity index (χ4v) is 7.78. The number of carbonyl (C=O) groups is 3. The minimum absolute atomic E-state index is 0.0643. The molecule has 0 heterocycles. The van der Waals surface area contributed by atoms with Crippen molar-refractivity contribution >= 4 is 17.9 Å². The quantitative estimate of drug-likeness (QED) is 0.0346. The number of hydrogen-bond acceptors (Lipinski definition) is 6. The maximum atomic E-state index is 12.8. The fourth-order valence-electron chi connectivity index (χ4n) is 7.78. The van der Waals surface area contributed by atoms with Crippen molar-refractivity contribution in [3.8, 4) is 0 Å². The second kappa shape index (κ2) is 44.9. The molecule has 1 unspecified atom stereocenters. The van der Waals surface area contributed by atoms with Crippen molar-refractivity contribution in [1.82, 2.24) is 0 Å². The molecule has 344 valence electrons. The van der Waals surface area contributed by atoms with Crippen molar-refractivity contribution in [2.24, 2.45) is 11.8 Å². The van der Waals surface area contributed by atoms with Crippen LogP contribution >= 0.6 is 0 Å². The number of carbonyl (C=O) groups excluding carboxylic acids is 3. The molecule has 0 bridgehead atoms. The van der Waals surface area contributed by atoms with E-state index in [1.807, 2.05) is 0 Å². The van der Waals surface area contributed by atoms with E-state index in [1.54, 1.807) is 0 Å². The largest absolute Gasteiger partial charge is 0.462 e. The SMILES string of the molecule is CCCCCCCCCC(=O)OC[C@@H](COC(=O)CCCCCCCCCCCCC(C)CC)OC(=O)CCCCCCCCCCCCCCCCCCC(C)C. The molecule has 0 aromatic rings. The van der Waals surface area contributed by atoms with Gasteiger partial charge in [0.15, 0.2) is 6.10 Å². The third kappa shape index (κ3) is 44.0. The van der Waals surface area contributed by atoms with Crippen LogP contribution < -0.4 is 0 Å². The summed E-state index contributed by atoms with van der Waals surface area (Å²) in [7, 11) is 0. The van der Waals surface area contributed by atoms with E-state index in [0.717, 1.165) is 69.6 Å². The number of rotatable bonds is 46. The molecule has 0 N–H and O–H groups in total. The number of ether oxygens (including phenoxy) is 3. The van der Waals surface area contributed by atoms with Crippen molar-refractivity contribution in [3.05, 3.63) is 0 Å². The van der Waals surface area contributed by atoms with Gasteiger partial charge in [-0.15, -0.1) is 0 Å². The van der Waals surface area contributed by atoms with Crippen LogP contribution in [0.4, 0.5) is 0 Å². The zero-order valence-corrected chi connectivity index (χ0v) is 39.7. The number of unbranched alkanes of at least 4 members (excludes halogenated alkanes) is 30. The Hall–Kier alpha value is -1.59. The van der Waals surface area contributed by atoms with Gasteiger partial charge < -0.3 is 14.2 Å². The standard InChI is InChI=1S/C52H100O6/c1-6-8-9-10-25-32-37-42-50(53)56-45-49(46-57-51(54)43-38-33-28-23-20-19-22-27-31-36-41-48(5)7-2)58-52(55)44-39-34-29-24-18-16-14-12-11-13-15-17-21-26-30-35-40-47(3)4/h47-49H,6-46H2,1-5H3/t48?,49-/m0/s1. The van der Waals surface area contributed by atoms with Crippen molar-refractivity contribution < 1.29 is 28.6 Å². The van der Waals surface area contributed by atoms with Gasteiger partial charge in [-0.05, 0) is 31.1 Å². The Bertz CT molecular complexity index is 887. The van der Waals surface area contributed by atoms with E-state index < -0.39 is 6.10 Å². The van der Waals surface area contributed by atoms with Gasteiger partial charge in [0.2, 0.25) is 0 Å². The zero-order chi connectivity index (χ0) is 42.6. The second-order valence-corrected chi connectivity index (χ2v) is 18.5. The van der Waals surface area contributed by atoms with Crippen LogP contribution in [0.2, 0.25) is 0 Å². The highest BCUT2D eigenvalue weighted by molar-refractivity contribution is 5.71. The summed E-state index contributed by atoms with van der Waals surface area (Å²) < 4.78 is 16.7. The average molecular weight is 821 g/mol. The molecule has 6 heteroatoms. The van der Waals surface area contributed by atoms with E-state index in [9.17, 15) is 14.4 Å². The first-order valence-electron chi connectivity index (χ1n) is 25.8. The molecule has 0 saturated heterocycles. The van der Waals surface area contributed by atoms with E-state index in [0.29, 0.717) is 19.3 Å². The monoisotopic (exact) mass is 821 g/mol. The average Bonchev–Trinajstić information content (AvgIpc) is 3.21. The van der Waals surface area contributed by atoms with E-state index in [2.05, 4.69) is 34.6 Å². The predicted octanol–water partition coefficient (Wildman–Crippen LogP) is 16.5. The molecule has 0 aliphatic heterocycles. The molecule has 0 aliphatic rings. The molecule has 0 aromatic heterocycles. The molecule has 0 rings (SSSR count). The highest BCUT2D eigenvalue weighted by Crippen LogP contribution is 2.18. The summed E-state index contributed by atoms with van der Waals surface area (Å²) in [5.41, 5.74) is 0. The Labute approximate surface area is 361 Å². The van der Waals surface area contributed by atoms with Gasteiger partial charge in [0.25, 0.3) is 0 Å². The molecule has 0 aliphatic carbocycles. The van der Waals surface area contributed by atoms with Crippen LogP contribution in [0.3, 0.4) is 0 Å². The van der Waals surface area contributed by atoms with Crippen LogP contribution in [-0.2, 0) is 28.6 Å². The molecule has 0 spiro atoms. The lowest BCUT2D eigenvalue weighted by atomic mass is 9.99. The van der Waals surface area contributed by atoms with Crippen molar-refractivity contribution in [2.45, 2.75) is 291 Å². The third-order valence-electron chi connectivity index (χ3n) is 12.1.